The molecule has 1 aromatic rings. The highest BCUT2D eigenvalue weighted by atomic mass is 16.5. The van der Waals surface area contributed by atoms with Crippen molar-refractivity contribution in [1.82, 2.24) is 4.98 Å². The van der Waals surface area contributed by atoms with Gasteiger partial charge in [-0.3, -0.25) is 4.79 Å². The molecule has 1 heterocycles. The molecule has 5 heteroatoms. The maximum atomic E-state index is 11.5. The SMILES string of the molecule is CCOC(=O)CN(CC)c1cc(C#N)cc(C)n1. The van der Waals surface area contributed by atoms with Gasteiger partial charge in [-0.25, -0.2) is 4.98 Å². The van der Waals surface area contributed by atoms with Crippen molar-refractivity contribution < 1.29 is 9.53 Å². The molecule has 0 aliphatic rings. The number of aromatic nitrogens is 1. The second kappa shape index (κ2) is 6.60. The standard InChI is InChI=1S/C13H17N3O2/c1-4-16(9-13(17)18-5-2)12-7-11(8-14)6-10(3)15-12/h6-7H,4-5,9H2,1-3H3. The van der Waals surface area contributed by atoms with Crippen LogP contribution in [0.5, 0.6) is 0 Å². The van der Waals surface area contributed by atoms with Crippen LogP contribution in [0.25, 0.3) is 0 Å². The van der Waals surface area contributed by atoms with E-state index >= 15 is 0 Å². The molecular weight excluding hydrogens is 230 g/mol. The van der Waals surface area contributed by atoms with Crippen LogP contribution >= 0.6 is 0 Å². The van der Waals surface area contributed by atoms with Gasteiger partial charge in [-0.1, -0.05) is 0 Å². The number of pyridine rings is 1. The lowest BCUT2D eigenvalue weighted by Gasteiger charge is -2.21. The second-order valence-electron chi connectivity index (χ2n) is 3.79. The Morgan fingerprint density at radius 1 is 1.50 bits per heavy atom. The van der Waals surface area contributed by atoms with Crippen LogP contribution in [0.3, 0.4) is 0 Å². The Hall–Kier alpha value is -2.09. The summed E-state index contributed by atoms with van der Waals surface area (Å²) in [6.07, 6.45) is 0. The zero-order chi connectivity index (χ0) is 13.5. The van der Waals surface area contributed by atoms with E-state index in [1.165, 1.54) is 0 Å². The average molecular weight is 247 g/mol. The number of nitrogens with zero attached hydrogens (tertiary/aromatic N) is 3. The fourth-order valence-corrected chi connectivity index (χ4v) is 1.59. The number of carbonyl (C=O) groups is 1. The number of ether oxygens (including phenoxy) is 1. The van der Waals surface area contributed by atoms with Crippen molar-refractivity contribution >= 4 is 11.8 Å². The predicted molar refractivity (Wildman–Crippen MR) is 68.2 cm³/mol. The van der Waals surface area contributed by atoms with E-state index < -0.39 is 0 Å². The summed E-state index contributed by atoms with van der Waals surface area (Å²) in [7, 11) is 0. The molecule has 1 aromatic heterocycles. The number of nitriles is 1. The average Bonchev–Trinajstić information content (AvgIpc) is 2.35. The number of esters is 1. The van der Waals surface area contributed by atoms with E-state index in [0.29, 0.717) is 24.5 Å². The van der Waals surface area contributed by atoms with Crippen molar-refractivity contribution in [1.29, 1.82) is 5.26 Å². The van der Waals surface area contributed by atoms with Gasteiger partial charge in [0.1, 0.15) is 12.4 Å². The maximum Gasteiger partial charge on any atom is 0.325 e. The quantitative estimate of drug-likeness (QED) is 0.740. The first-order chi connectivity index (χ1) is 8.60. The molecule has 5 nitrogen and oxygen atoms in total. The molecule has 0 aliphatic heterocycles. The van der Waals surface area contributed by atoms with E-state index in [9.17, 15) is 4.79 Å². The molecule has 0 unspecified atom stereocenters. The highest BCUT2D eigenvalue weighted by Gasteiger charge is 2.13. The molecule has 96 valence electrons. The normalized spacial score (nSPS) is 9.67. The van der Waals surface area contributed by atoms with Crippen LogP contribution in [-0.4, -0.2) is 30.6 Å². The molecule has 0 bridgehead atoms. The first-order valence-corrected chi connectivity index (χ1v) is 5.90. The lowest BCUT2D eigenvalue weighted by atomic mass is 10.2. The van der Waals surface area contributed by atoms with Crippen LogP contribution in [0, 0.1) is 18.3 Å². The Morgan fingerprint density at radius 2 is 2.22 bits per heavy atom. The van der Waals surface area contributed by atoms with Gasteiger partial charge in [-0.05, 0) is 32.9 Å². The monoisotopic (exact) mass is 247 g/mol. The Morgan fingerprint density at radius 3 is 2.78 bits per heavy atom. The molecule has 0 aromatic carbocycles. The summed E-state index contributed by atoms with van der Waals surface area (Å²) >= 11 is 0. The van der Waals surface area contributed by atoms with Crippen LogP contribution in [0.4, 0.5) is 5.82 Å². The zero-order valence-corrected chi connectivity index (χ0v) is 10.9. The number of hydrogen-bond donors (Lipinski definition) is 0. The molecule has 0 saturated heterocycles. The van der Waals surface area contributed by atoms with Gasteiger partial charge >= 0.3 is 5.97 Å². The van der Waals surface area contributed by atoms with Crippen molar-refractivity contribution in [3.05, 3.63) is 23.4 Å². The van der Waals surface area contributed by atoms with E-state index in [1.54, 1.807) is 24.0 Å². The van der Waals surface area contributed by atoms with Crippen LogP contribution < -0.4 is 4.90 Å². The largest absolute Gasteiger partial charge is 0.465 e. The number of carbonyl (C=O) groups excluding carboxylic acids is 1. The highest BCUT2D eigenvalue weighted by Crippen LogP contribution is 2.14. The van der Waals surface area contributed by atoms with Crippen molar-refractivity contribution in [3.8, 4) is 6.07 Å². The van der Waals surface area contributed by atoms with Gasteiger partial charge in [0.25, 0.3) is 0 Å². The molecule has 0 spiro atoms. The number of rotatable bonds is 5. The van der Waals surface area contributed by atoms with Gasteiger partial charge < -0.3 is 9.64 Å². The van der Waals surface area contributed by atoms with Crippen molar-refractivity contribution in [2.24, 2.45) is 0 Å². The molecule has 0 N–H and O–H groups in total. The van der Waals surface area contributed by atoms with Crippen LogP contribution in [0.1, 0.15) is 25.1 Å². The fourth-order valence-electron chi connectivity index (χ4n) is 1.59. The number of anilines is 1. The molecule has 0 saturated carbocycles. The summed E-state index contributed by atoms with van der Waals surface area (Å²) in [4.78, 5) is 17.6. The third-order valence-electron chi connectivity index (χ3n) is 2.40. The Bertz CT molecular complexity index is 466. The molecular formula is C13H17N3O2. The molecule has 0 aliphatic carbocycles. The predicted octanol–water partition coefficient (Wildman–Crippen LogP) is 1.65. The van der Waals surface area contributed by atoms with Crippen LogP contribution in [0.15, 0.2) is 12.1 Å². The number of aryl methyl sites for hydroxylation is 1. The molecule has 18 heavy (non-hydrogen) atoms. The molecule has 0 atom stereocenters. The summed E-state index contributed by atoms with van der Waals surface area (Å²) in [5, 5.41) is 8.92. The minimum Gasteiger partial charge on any atom is -0.465 e. The topological polar surface area (TPSA) is 66.2 Å². The lowest BCUT2D eigenvalue weighted by molar-refractivity contribution is -0.141. The fraction of sp³-hybridized carbons (Fsp3) is 0.462. The van der Waals surface area contributed by atoms with Gasteiger partial charge in [0, 0.05) is 12.2 Å². The van der Waals surface area contributed by atoms with E-state index in [2.05, 4.69) is 11.1 Å². The zero-order valence-electron chi connectivity index (χ0n) is 10.9. The third kappa shape index (κ3) is 3.74. The number of hydrogen-bond acceptors (Lipinski definition) is 5. The maximum absolute atomic E-state index is 11.5. The summed E-state index contributed by atoms with van der Waals surface area (Å²) in [6, 6.07) is 5.47. The lowest BCUT2D eigenvalue weighted by Crippen LogP contribution is -2.31. The minimum absolute atomic E-state index is 0.145. The summed E-state index contributed by atoms with van der Waals surface area (Å²) in [5.74, 6) is 0.336. The Labute approximate surface area is 107 Å². The first-order valence-electron chi connectivity index (χ1n) is 5.90. The summed E-state index contributed by atoms with van der Waals surface area (Å²) in [5.41, 5.74) is 1.30. The highest BCUT2D eigenvalue weighted by molar-refractivity contribution is 5.75. The van der Waals surface area contributed by atoms with Crippen molar-refractivity contribution in [2.75, 3.05) is 24.6 Å². The first kappa shape index (κ1) is 14.0. The van der Waals surface area contributed by atoms with Gasteiger partial charge in [-0.2, -0.15) is 5.26 Å². The minimum atomic E-state index is -0.291. The summed E-state index contributed by atoms with van der Waals surface area (Å²) in [6.45, 7) is 6.65. The Balaban J connectivity index is 2.91. The van der Waals surface area contributed by atoms with Gasteiger partial charge in [0.05, 0.1) is 18.2 Å². The smallest absolute Gasteiger partial charge is 0.325 e. The third-order valence-corrected chi connectivity index (χ3v) is 2.40. The van der Waals surface area contributed by atoms with Crippen molar-refractivity contribution in [2.45, 2.75) is 20.8 Å². The van der Waals surface area contributed by atoms with E-state index in [4.69, 9.17) is 10.00 Å². The van der Waals surface area contributed by atoms with Gasteiger partial charge in [0.15, 0.2) is 0 Å². The molecule has 0 radical (unpaired) electrons. The van der Waals surface area contributed by atoms with Gasteiger partial charge in [-0.15, -0.1) is 0 Å². The van der Waals surface area contributed by atoms with Crippen molar-refractivity contribution in [3.63, 3.8) is 0 Å². The molecule has 0 amide bonds. The van der Waals surface area contributed by atoms with E-state index in [1.807, 2.05) is 13.8 Å². The molecule has 1 rings (SSSR count). The van der Waals surface area contributed by atoms with Crippen LogP contribution in [-0.2, 0) is 9.53 Å². The number of likely N-dealkylation sites (N-methyl/N-ethyl adjacent to an activating group) is 1. The Kier molecular flexibility index (Phi) is 5.12. The van der Waals surface area contributed by atoms with E-state index in [-0.39, 0.29) is 12.5 Å². The van der Waals surface area contributed by atoms with Crippen LogP contribution in [0.2, 0.25) is 0 Å². The van der Waals surface area contributed by atoms with E-state index in [0.717, 1.165) is 5.69 Å². The van der Waals surface area contributed by atoms with Gasteiger partial charge in [0.2, 0.25) is 0 Å². The summed E-state index contributed by atoms with van der Waals surface area (Å²) < 4.78 is 4.91. The second-order valence-corrected chi connectivity index (χ2v) is 3.79. The molecule has 0 fully saturated rings.